The number of nitrogens with one attached hydrogen (secondary N) is 1. The predicted octanol–water partition coefficient (Wildman–Crippen LogP) is 2.84. The number of halogens is 1. The van der Waals surface area contributed by atoms with Crippen LogP contribution in [0.15, 0.2) is 28.7 Å². The zero-order valence-electron chi connectivity index (χ0n) is 9.57. The standard InChI is InChI=1S/C11H16BrNO2S/c1-8(2)16(14,15)13-9(3)10-4-6-11(12)7-5-10/h4-9,13H,1-3H3. The van der Waals surface area contributed by atoms with E-state index in [0.29, 0.717) is 0 Å². The molecule has 0 aliphatic rings. The van der Waals surface area contributed by atoms with Crippen LogP contribution in [0, 0.1) is 0 Å². The molecule has 0 aliphatic heterocycles. The van der Waals surface area contributed by atoms with E-state index in [9.17, 15) is 8.42 Å². The first-order valence-electron chi connectivity index (χ1n) is 5.09. The summed E-state index contributed by atoms with van der Waals surface area (Å²) in [6.07, 6.45) is 0. The summed E-state index contributed by atoms with van der Waals surface area (Å²) < 4.78 is 27.0. The molecule has 0 heterocycles. The highest BCUT2D eigenvalue weighted by atomic mass is 79.9. The first-order valence-corrected chi connectivity index (χ1v) is 7.43. The van der Waals surface area contributed by atoms with Crippen LogP contribution in [0.4, 0.5) is 0 Å². The molecule has 0 aliphatic carbocycles. The molecule has 0 bridgehead atoms. The van der Waals surface area contributed by atoms with Crippen molar-refractivity contribution < 1.29 is 8.42 Å². The first-order chi connectivity index (χ1) is 7.33. The molecule has 5 heteroatoms. The number of benzene rings is 1. The van der Waals surface area contributed by atoms with Crippen molar-refractivity contribution in [3.63, 3.8) is 0 Å². The van der Waals surface area contributed by atoms with Crippen molar-refractivity contribution in [3.8, 4) is 0 Å². The van der Waals surface area contributed by atoms with Crippen LogP contribution in [0.3, 0.4) is 0 Å². The van der Waals surface area contributed by atoms with E-state index in [0.717, 1.165) is 10.0 Å². The fourth-order valence-corrected chi connectivity index (χ4v) is 2.37. The SMILES string of the molecule is CC(NS(=O)(=O)C(C)C)c1ccc(Br)cc1. The Hall–Kier alpha value is -0.390. The van der Waals surface area contributed by atoms with Crippen LogP contribution < -0.4 is 4.72 Å². The topological polar surface area (TPSA) is 46.2 Å². The maximum absolute atomic E-state index is 11.7. The average molecular weight is 306 g/mol. The van der Waals surface area contributed by atoms with E-state index in [4.69, 9.17) is 0 Å². The lowest BCUT2D eigenvalue weighted by atomic mass is 10.1. The van der Waals surface area contributed by atoms with Crippen LogP contribution in [0.5, 0.6) is 0 Å². The Balaban J connectivity index is 2.81. The van der Waals surface area contributed by atoms with Gasteiger partial charge in [0, 0.05) is 10.5 Å². The van der Waals surface area contributed by atoms with E-state index in [-0.39, 0.29) is 6.04 Å². The predicted molar refractivity (Wildman–Crippen MR) is 69.7 cm³/mol. The summed E-state index contributed by atoms with van der Waals surface area (Å²) in [5.74, 6) is 0. The van der Waals surface area contributed by atoms with Gasteiger partial charge in [0.05, 0.1) is 5.25 Å². The van der Waals surface area contributed by atoms with E-state index in [1.807, 2.05) is 31.2 Å². The summed E-state index contributed by atoms with van der Waals surface area (Å²) in [6.45, 7) is 5.16. The molecule has 0 aromatic heterocycles. The van der Waals surface area contributed by atoms with Gasteiger partial charge < -0.3 is 0 Å². The molecule has 0 amide bonds. The normalized spacial score (nSPS) is 14.1. The van der Waals surface area contributed by atoms with Crippen LogP contribution in [0.1, 0.15) is 32.4 Å². The highest BCUT2D eigenvalue weighted by molar-refractivity contribution is 9.10. The second kappa shape index (κ2) is 5.29. The molecular weight excluding hydrogens is 290 g/mol. The summed E-state index contributed by atoms with van der Waals surface area (Å²) in [5, 5.41) is -0.412. The quantitative estimate of drug-likeness (QED) is 0.930. The largest absolute Gasteiger partial charge is 0.214 e. The molecule has 1 N–H and O–H groups in total. The van der Waals surface area contributed by atoms with Gasteiger partial charge >= 0.3 is 0 Å². The lowest BCUT2D eigenvalue weighted by molar-refractivity contribution is 0.558. The van der Waals surface area contributed by atoms with Gasteiger partial charge in [-0.2, -0.15) is 0 Å². The fraction of sp³-hybridized carbons (Fsp3) is 0.455. The summed E-state index contributed by atoms with van der Waals surface area (Å²) in [6, 6.07) is 7.39. The van der Waals surface area contributed by atoms with E-state index in [1.165, 1.54) is 0 Å². The monoisotopic (exact) mass is 305 g/mol. The third kappa shape index (κ3) is 3.57. The maximum Gasteiger partial charge on any atom is 0.214 e. The molecular formula is C11H16BrNO2S. The van der Waals surface area contributed by atoms with Gasteiger partial charge in [0.1, 0.15) is 0 Å². The third-order valence-corrected chi connectivity index (χ3v) is 4.78. The number of hydrogen-bond acceptors (Lipinski definition) is 2. The van der Waals surface area contributed by atoms with E-state index < -0.39 is 15.3 Å². The molecule has 1 rings (SSSR count). The Morgan fingerprint density at radius 2 is 1.62 bits per heavy atom. The Kier molecular flexibility index (Phi) is 4.52. The number of sulfonamides is 1. The van der Waals surface area contributed by atoms with Crippen LogP contribution in [0.2, 0.25) is 0 Å². The molecule has 1 aromatic carbocycles. The van der Waals surface area contributed by atoms with Crippen molar-refractivity contribution in [2.75, 3.05) is 0 Å². The summed E-state index contributed by atoms with van der Waals surface area (Å²) in [7, 11) is -3.22. The molecule has 1 unspecified atom stereocenters. The number of hydrogen-bond donors (Lipinski definition) is 1. The smallest absolute Gasteiger partial charge is 0.212 e. The fourth-order valence-electron chi connectivity index (χ4n) is 1.20. The molecule has 90 valence electrons. The zero-order valence-corrected chi connectivity index (χ0v) is 12.0. The van der Waals surface area contributed by atoms with Gasteiger partial charge in [-0.25, -0.2) is 13.1 Å². The van der Waals surface area contributed by atoms with Crippen molar-refractivity contribution >= 4 is 26.0 Å². The van der Waals surface area contributed by atoms with Gasteiger partial charge in [-0.05, 0) is 38.5 Å². The molecule has 3 nitrogen and oxygen atoms in total. The van der Waals surface area contributed by atoms with Crippen molar-refractivity contribution in [2.24, 2.45) is 0 Å². The average Bonchev–Trinajstić information content (AvgIpc) is 2.17. The lowest BCUT2D eigenvalue weighted by Crippen LogP contribution is -2.32. The summed E-state index contributed by atoms with van der Waals surface area (Å²) in [4.78, 5) is 0. The highest BCUT2D eigenvalue weighted by Crippen LogP contribution is 2.17. The second-order valence-electron chi connectivity index (χ2n) is 3.98. The number of rotatable bonds is 4. The van der Waals surface area contributed by atoms with Gasteiger partial charge in [-0.1, -0.05) is 28.1 Å². The van der Waals surface area contributed by atoms with E-state index >= 15 is 0 Å². The van der Waals surface area contributed by atoms with Crippen LogP contribution in [-0.2, 0) is 10.0 Å². The highest BCUT2D eigenvalue weighted by Gasteiger charge is 2.19. The van der Waals surface area contributed by atoms with Gasteiger partial charge in [-0.3, -0.25) is 0 Å². The first kappa shape index (κ1) is 13.7. The summed E-state index contributed by atoms with van der Waals surface area (Å²) in [5.41, 5.74) is 0.951. The molecule has 1 aromatic rings. The Morgan fingerprint density at radius 1 is 1.12 bits per heavy atom. The van der Waals surface area contributed by atoms with Crippen molar-refractivity contribution in [1.29, 1.82) is 0 Å². The van der Waals surface area contributed by atoms with Gasteiger partial charge in [-0.15, -0.1) is 0 Å². The van der Waals surface area contributed by atoms with Crippen LogP contribution >= 0.6 is 15.9 Å². The molecule has 1 atom stereocenters. The molecule has 16 heavy (non-hydrogen) atoms. The minimum Gasteiger partial charge on any atom is -0.212 e. The minimum atomic E-state index is -3.22. The Bertz CT molecular complexity index is 440. The minimum absolute atomic E-state index is 0.208. The van der Waals surface area contributed by atoms with E-state index in [1.54, 1.807) is 13.8 Å². The molecule has 0 radical (unpaired) electrons. The molecule has 0 fully saturated rings. The van der Waals surface area contributed by atoms with Crippen molar-refractivity contribution in [1.82, 2.24) is 4.72 Å². The van der Waals surface area contributed by atoms with Crippen LogP contribution in [-0.4, -0.2) is 13.7 Å². The molecule has 0 saturated carbocycles. The lowest BCUT2D eigenvalue weighted by Gasteiger charge is -2.16. The van der Waals surface area contributed by atoms with E-state index in [2.05, 4.69) is 20.7 Å². The van der Waals surface area contributed by atoms with Crippen LogP contribution in [0.25, 0.3) is 0 Å². The Morgan fingerprint density at radius 3 is 2.06 bits per heavy atom. The van der Waals surface area contributed by atoms with Gasteiger partial charge in [0.2, 0.25) is 10.0 Å². The van der Waals surface area contributed by atoms with Gasteiger partial charge in [0.15, 0.2) is 0 Å². The molecule has 0 spiro atoms. The second-order valence-corrected chi connectivity index (χ2v) is 7.17. The van der Waals surface area contributed by atoms with Crippen molar-refractivity contribution in [2.45, 2.75) is 32.1 Å². The van der Waals surface area contributed by atoms with Crippen molar-refractivity contribution in [3.05, 3.63) is 34.3 Å². The molecule has 0 saturated heterocycles. The van der Waals surface area contributed by atoms with Gasteiger partial charge in [0.25, 0.3) is 0 Å². The summed E-state index contributed by atoms with van der Waals surface area (Å²) >= 11 is 3.34. The maximum atomic E-state index is 11.7. The Labute approximate surface area is 105 Å². The third-order valence-electron chi connectivity index (χ3n) is 2.33. The zero-order chi connectivity index (χ0) is 12.3.